The summed E-state index contributed by atoms with van der Waals surface area (Å²) in [6, 6.07) is 9.93. The first-order valence-corrected chi connectivity index (χ1v) is 8.14. The molecular formula is C15H22O5S. The molecule has 5 nitrogen and oxygen atoms in total. The highest BCUT2D eigenvalue weighted by molar-refractivity contribution is 7.74. The fourth-order valence-corrected chi connectivity index (χ4v) is 2.78. The predicted octanol–water partition coefficient (Wildman–Crippen LogP) is 2.74. The van der Waals surface area contributed by atoms with E-state index < -0.39 is 17.7 Å². The van der Waals surface area contributed by atoms with Crippen molar-refractivity contribution in [3.63, 3.8) is 0 Å². The molecule has 1 aliphatic heterocycles. The SMILES string of the molecule is C[C@@H]1C[C@@H](OS(=O)O)OC(COCc2ccccc2)[C@H]1C. The van der Waals surface area contributed by atoms with Crippen LogP contribution >= 0.6 is 0 Å². The van der Waals surface area contributed by atoms with Crippen LogP contribution in [0.5, 0.6) is 0 Å². The summed E-state index contributed by atoms with van der Waals surface area (Å²) in [4.78, 5) is 0. The molecule has 5 atom stereocenters. The molecule has 6 heteroatoms. The maximum absolute atomic E-state index is 10.7. The van der Waals surface area contributed by atoms with Crippen LogP contribution in [0.2, 0.25) is 0 Å². The molecule has 0 bridgehead atoms. The Morgan fingerprint density at radius 2 is 2.05 bits per heavy atom. The van der Waals surface area contributed by atoms with E-state index >= 15 is 0 Å². The van der Waals surface area contributed by atoms with Crippen LogP contribution in [0.1, 0.15) is 25.8 Å². The summed E-state index contributed by atoms with van der Waals surface area (Å²) in [6.07, 6.45) is -0.166. The molecule has 0 saturated carbocycles. The van der Waals surface area contributed by atoms with Gasteiger partial charge in [0.25, 0.3) is 0 Å². The monoisotopic (exact) mass is 314 g/mol. The molecule has 1 aromatic rings. The summed E-state index contributed by atoms with van der Waals surface area (Å²) in [7, 11) is 0. The summed E-state index contributed by atoms with van der Waals surface area (Å²) in [6.45, 7) is 5.17. The first kappa shape index (κ1) is 16.6. The molecule has 118 valence electrons. The summed E-state index contributed by atoms with van der Waals surface area (Å²) >= 11 is -2.31. The predicted molar refractivity (Wildman–Crippen MR) is 79.6 cm³/mol. The molecule has 0 spiro atoms. The third-order valence-electron chi connectivity index (χ3n) is 3.96. The van der Waals surface area contributed by atoms with Crippen molar-refractivity contribution in [1.29, 1.82) is 0 Å². The quantitative estimate of drug-likeness (QED) is 0.818. The van der Waals surface area contributed by atoms with Crippen LogP contribution in [-0.4, -0.2) is 27.8 Å². The van der Waals surface area contributed by atoms with Crippen LogP contribution in [0.25, 0.3) is 0 Å². The van der Waals surface area contributed by atoms with Crippen molar-refractivity contribution in [2.24, 2.45) is 11.8 Å². The minimum atomic E-state index is -2.31. The zero-order chi connectivity index (χ0) is 15.2. The Morgan fingerprint density at radius 3 is 2.71 bits per heavy atom. The molecule has 0 amide bonds. The molecule has 2 unspecified atom stereocenters. The number of rotatable bonds is 6. The van der Waals surface area contributed by atoms with E-state index in [9.17, 15) is 4.21 Å². The maximum atomic E-state index is 10.7. The third-order valence-corrected chi connectivity index (χ3v) is 4.34. The molecule has 1 N–H and O–H groups in total. The highest BCUT2D eigenvalue weighted by Gasteiger charge is 2.35. The van der Waals surface area contributed by atoms with Crippen molar-refractivity contribution in [3.05, 3.63) is 35.9 Å². The molecule has 21 heavy (non-hydrogen) atoms. The van der Waals surface area contributed by atoms with Crippen molar-refractivity contribution in [2.75, 3.05) is 6.61 Å². The van der Waals surface area contributed by atoms with Crippen molar-refractivity contribution in [2.45, 2.75) is 39.3 Å². The Labute approximate surface area is 128 Å². The van der Waals surface area contributed by atoms with Crippen LogP contribution in [0.3, 0.4) is 0 Å². The second-order valence-corrected chi connectivity index (χ2v) is 6.12. The topological polar surface area (TPSA) is 65.0 Å². The van der Waals surface area contributed by atoms with Gasteiger partial charge in [-0.05, 0) is 17.4 Å². The van der Waals surface area contributed by atoms with Crippen LogP contribution in [0.15, 0.2) is 30.3 Å². The summed E-state index contributed by atoms with van der Waals surface area (Å²) in [5.74, 6) is 0.658. The van der Waals surface area contributed by atoms with E-state index in [0.717, 1.165) is 5.56 Å². The number of ether oxygens (including phenoxy) is 2. The first-order chi connectivity index (χ1) is 10.1. The highest BCUT2D eigenvalue weighted by Crippen LogP contribution is 2.31. The van der Waals surface area contributed by atoms with E-state index in [4.69, 9.17) is 18.2 Å². The second kappa shape index (κ2) is 8.00. The van der Waals surface area contributed by atoms with Gasteiger partial charge in [-0.25, -0.2) is 4.18 Å². The summed E-state index contributed by atoms with van der Waals surface area (Å²) in [5.41, 5.74) is 1.11. The first-order valence-electron chi connectivity index (χ1n) is 7.11. The van der Waals surface area contributed by atoms with E-state index in [0.29, 0.717) is 31.5 Å². The molecule has 0 aliphatic carbocycles. The van der Waals surface area contributed by atoms with E-state index in [-0.39, 0.29) is 6.10 Å². The number of hydrogen-bond acceptors (Lipinski definition) is 4. The molecule has 1 saturated heterocycles. The third kappa shape index (κ3) is 5.16. The lowest BCUT2D eigenvalue weighted by Crippen LogP contribution is -2.42. The normalized spacial score (nSPS) is 31.0. The van der Waals surface area contributed by atoms with Gasteiger partial charge in [0.1, 0.15) is 0 Å². The van der Waals surface area contributed by atoms with Gasteiger partial charge in [0, 0.05) is 6.42 Å². The van der Waals surface area contributed by atoms with Gasteiger partial charge >= 0.3 is 11.4 Å². The smallest absolute Gasteiger partial charge is 0.304 e. The largest absolute Gasteiger partial charge is 0.374 e. The van der Waals surface area contributed by atoms with E-state index in [1.807, 2.05) is 30.3 Å². The van der Waals surface area contributed by atoms with Gasteiger partial charge in [0.2, 0.25) is 0 Å². The fourth-order valence-electron chi connectivity index (χ4n) is 2.47. The minimum absolute atomic E-state index is 0.133. The van der Waals surface area contributed by atoms with Gasteiger partial charge in [-0.3, -0.25) is 4.55 Å². The molecule has 1 aliphatic rings. The Bertz CT molecular complexity index is 453. The second-order valence-electron chi connectivity index (χ2n) is 5.49. The van der Waals surface area contributed by atoms with E-state index in [2.05, 4.69) is 13.8 Å². The number of hydrogen-bond donors (Lipinski definition) is 1. The van der Waals surface area contributed by atoms with Crippen molar-refractivity contribution in [1.82, 2.24) is 0 Å². The standard InChI is InChI=1S/C15H22O5S/c1-11-8-15(20-21(16)17)19-14(12(11)2)10-18-9-13-6-4-3-5-7-13/h3-7,11-12,14-15H,8-10H2,1-2H3,(H,16,17)/t11-,12+,14?,15-/m1/s1. The highest BCUT2D eigenvalue weighted by atomic mass is 32.2. The van der Waals surface area contributed by atoms with Crippen LogP contribution in [-0.2, 0) is 31.6 Å². The molecule has 1 aromatic carbocycles. The minimum Gasteiger partial charge on any atom is -0.374 e. The summed E-state index contributed by atoms with van der Waals surface area (Å²) in [5, 5.41) is 0. The number of benzene rings is 1. The van der Waals surface area contributed by atoms with Gasteiger partial charge in [0.15, 0.2) is 6.29 Å². The van der Waals surface area contributed by atoms with Gasteiger partial charge in [-0.1, -0.05) is 44.2 Å². The van der Waals surface area contributed by atoms with Gasteiger partial charge in [0.05, 0.1) is 19.3 Å². The van der Waals surface area contributed by atoms with Crippen molar-refractivity contribution >= 4 is 11.4 Å². The van der Waals surface area contributed by atoms with Crippen LogP contribution < -0.4 is 0 Å². The van der Waals surface area contributed by atoms with E-state index in [1.165, 1.54) is 0 Å². The van der Waals surface area contributed by atoms with E-state index in [1.54, 1.807) is 0 Å². The van der Waals surface area contributed by atoms with Gasteiger partial charge in [-0.2, -0.15) is 4.21 Å². The maximum Gasteiger partial charge on any atom is 0.304 e. The van der Waals surface area contributed by atoms with Crippen molar-refractivity contribution < 1.29 is 22.4 Å². The zero-order valence-corrected chi connectivity index (χ0v) is 13.1. The molecule has 0 aromatic heterocycles. The average molecular weight is 314 g/mol. The van der Waals surface area contributed by atoms with Crippen LogP contribution in [0.4, 0.5) is 0 Å². The zero-order valence-electron chi connectivity index (χ0n) is 12.3. The lowest BCUT2D eigenvalue weighted by molar-refractivity contribution is -0.196. The summed E-state index contributed by atoms with van der Waals surface area (Å²) < 4.78 is 35.8. The van der Waals surface area contributed by atoms with Crippen LogP contribution in [0, 0.1) is 11.8 Å². The lowest BCUT2D eigenvalue weighted by atomic mass is 9.86. The molecule has 2 rings (SSSR count). The fraction of sp³-hybridized carbons (Fsp3) is 0.600. The Balaban J connectivity index is 1.83. The molecule has 1 fully saturated rings. The molecule has 1 heterocycles. The Hall–Kier alpha value is -0.790. The van der Waals surface area contributed by atoms with Crippen molar-refractivity contribution in [3.8, 4) is 0 Å². The average Bonchev–Trinajstić information content (AvgIpc) is 2.44. The Kier molecular flexibility index (Phi) is 6.32. The molecular weight excluding hydrogens is 292 g/mol. The van der Waals surface area contributed by atoms with Gasteiger partial charge < -0.3 is 9.47 Å². The Morgan fingerprint density at radius 1 is 1.33 bits per heavy atom. The van der Waals surface area contributed by atoms with Gasteiger partial charge in [-0.15, -0.1) is 0 Å². The lowest BCUT2D eigenvalue weighted by Gasteiger charge is -2.37. The molecule has 0 radical (unpaired) electrons.